The van der Waals surface area contributed by atoms with Crippen molar-refractivity contribution in [1.29, 1.82) is 0 Å². The molecule has 0 fully saturated rings. The lowest BCUT2D eigenvalue weighted by Crippen LogP contribution is -2.30. The standard InChI is InChI=1S/C71H124O6/c1-4-7-10-13-16-19-22-25-27-29-31-33-35-37-39-41-43-46-49-52-55-58-61-64-70(73)76-67-68(66-75-69(72)63-60-57-54-51-48-45-24-21-18-15-12-9-6-3)77-71(74)65-62-59-56-53-50-47-44-42-40-38-36-34-32-30-28-26-23-20-17-14-11-8-5-2/h7,10,16,19,25,27,31,33,37,39,43,46,52,55,68H,4-6,8-9,11-15,17-18,20-24,26,28-30,32,34-36,38,40-42,44-45,47-51,53-54,56-67H2,1-3H3/b10-7-,19-16-,27-25-,33-31-,39-37-,46-43-,55-52-. The molecule has 0 bridgehead atoms. The largest absolute Gasteiger partial charge is 0.462 e. The number of carbonyl (C=O) groups excluding carboxylic acids is 3. The molecule has 0 aliphatic rings. The summed E-state index contributed by atoms with van der Waals surface area (Å²) >= 11 is 0. The molecular formula is C71H124O6. The second-order valence-corrected chi connectivity index (χ2v) is 22.0. The van der Waals surface area contributed by atoms with Crippen LogP contribution in [0.5, 0.6) is 0 Å². The minimum absolute atomic E-state index is 0.0902. The van der Waals surface area contributed by atoms with Gasteiger partial charge in [-0.1, -0.05) is 324 Å². The van der Waals surface area contributed by atoms with Crippen LogP contribution in [-0.4, -0.2) is 37.2 Å². The summed E-state index contributed by atoms with van der Waals surface area (Å²) in [5.41, 5.74) is 0. The Balaban J connectivity index is 4.38. The Bertz CT molecular complexity index is 1470. The summed E-state index contributed by atoms with van der Waals surface area (Å²) in [5.74, 6) is -0.935. The zero-order valence-electron chi connectivity index (χ0n) is 51.0. The van der Waals surface area contributed by atoms with E-state index < -0.39 is 6.10 Å². The van der Waals surface area contributed by atoms with Gasteiger partial charge in [0.05, 0.1) is 0 Å². The Hall–Kier alpha value is -3.41. The van der Waals surface area contributed by atoms with Gasteiger partial charge in [-0.25, -0.2) is 0 Å². The molecule has 0 aromatic carbocycles. The Kier molecular flexibility index (Phi) is 62.2. The van der Waals surface area contributed by atoms with Gasteiger partial charge in [0, 0.05) is 19.3 Å². The Morgan fingerprint density at radius 3 is 0.792 bits per heavy atom. The average Bonchev–Trinajstić information content (AvgIpc) is 3.43. The molecule has 0 radical (unpaired) electrons. The van der Waals surface area contributed by atoms with Crippen molar-refractivity contribution >= 4 is 17.9 Å². The van der Waals surface area contributed by atoms with Gasteiger partial charge in [0.1, 0.15) is 13.2 Å². The van der Waals surface area contributed by atoms with Crippen molar-refractivity contribution in [3.05, 3.63) is 85.1 Å². The van der Waals surface area contributed by atoms with Gasteiger partial charge in [-0.15, -0.1) is 0 Å². The molecule has 6 heteroatoms. The molecule has 0 aromatic heterocycles. The van der Waals surface area contributed by atoms with E-state index in [2.05, 4.69) is 106 Å². The highest BCUT2D eigenvalue weighted by molar-refractivity contribution is 5.71. The smallest absolute Gasteiger partial charge is 0.306 e. The van der Waals surface area contributed by atoms with Gasteiger partial charge in [-0.2, -0.15) is 0 Å². The first kappa shape index (κ1) is 73.6. The van der Waals surface area contributed by atoms with E-state index in [1.807, 2.05) is 0 Å². The summed E-state index contributed by atoms with van der Waals surface area (Å²) in [6, 6.07) is 0. The number of hydrogen-bond donors (Lipinski definition) is 0. The molecule has 0 aliphatic carbocycles. The molecule has 0 N–H and O–H groups in total. The lowest BCUT2D eigenvalue weighted by molar-refractivity contribution is -0.167. The first-order valence-corrected chi connectivity index (χ1v) is 33.1. The van der Waals surface area contributed by atoms with Gasteiger partial charge in [-0.05, 0) is 70.6 Å². The molecule has 0 heterocycles. The van der Waals surface area contributed by atoms with E-state index in [9.17, 15) is 14.4 Å². The summed E-state index contributed by atoms with van der Waals surface area (Å²) in [6.07, 6.45) is 86.0. The van der Waals surface area contributed by atoms with E-state index in [1.165, 1.54) is 193 Å². The van der Waals surface area contributed by atoms with E-state index in [4.69, 9.17) is 14.2 Å². The fourth-order valence-corrected chi connectivity index (χ4v) is 9.49. The Morgan fingerprint density at radius 1 is 0.273 bits per heavy atom. The summed E-state index contributed by atoms with van der Waals surface area (Å²) in [4.78, 5) is 38.3. The van der Waals surface area contributed by atoms with Crippen molar-refractivity contribution in [3.8, 4) is 0 Å². The van der Waals surface area contributed by atoms with Crippen LogP contribution in [-0.2, 0) is 28.6 Å². The molecule has 0 aliphatic heterocycles. The van der Waals surface area contributed by atoms with Crippen molar-refractivity contribution in [2.75, 3.05) is 13.2 Å². The van der Waals surface area contributed by atoms with Crippen LogP contribution >= 0.6 is 0 Å². The minimum Gasteiger partial charge on any atom is -0.462 e. The number of rotatable bonds is 60. The molecular weight excluding hydrogens is 949 g/mol. The zero-order valence-corrected chi connectivity index (χ0v) is 51.0. The van der Waals surface area contributed by atoms with Crippen LogP contribution in [0.1, 0.15) is 329 Å². The quantitative estimate of drug-likeness (QED) is 0.0261. The van der Waals surface area contributed by atoms with Crippen molar-refractivity contribution in [2.24, 2.45) is 0 Å². The number of hydrogen-bond acceptors (Lipinski definition) is 6. The van der Waals surface area contributed by atoms with E-state index in [-0.39, 0.29) is 37.5 Å². The van der Waals surface area contributed by atoms with Gasteiger partial charge in [-0.3, -0.25) is 14.4 Å². The number of ether oxygens (including phenoxy) is 3. The zero-order chi connectivity index (χ0) is 55.7. The molecule has 0 saturated heterocycles. The lowest BCUT2D eigenvalue weighted by Gasteiger charge is -2.18. The number of esters is 3. The summed E-state index contributed by atoms with van der Waals surface area (Å²) in [6.45, 7) is 6.52. The molecule has 0 aromatic rings. The van der Waals surface area contributed by atoms with Crippen LogP contribution in [0.2, 0.25) is 0 Å². The van der Waals surface area contributed by atoms with E-state index >= 15 is 0 Å². The normalized spacial score (nSPS) is 12.6. The lowest BCUT2D eigenvalue weighted by atomic mass is 10.0. The Morgan fingerprint density at radius 2 is 0.506 bits per heavy atom. The van der Waals surface area contributed by atoms with Crippen molar-refractivity contribution in [2.45, 2.75) is 335 Å². The molecule has 0 rings (SSSR count). The number of unbranched alkanes of at least 4 members (excludes halogenated alkanes) is 35. The average molecular weight is 1070 g/mol. The highest BCUT2D eigenvalue weighted by Gasteiger charge is 2.19. The van der Waals surface area contributed by atoms with Gasteiger partial charge in [0.2, 0.25) is 0 Å². The Labute approximate surface area is 477 Å². The van der Waals surface area contributed by atoms with Crippen molar-refractivity contribution in [1.82, 2.24) is 0 Å². The number of allylic oxidation sites excluding steroid dienone is 14. The fourth-order valence-electron chi connectivity index (χ4n) is 9.49. The van der Waals surface area contributed by atoms with E-state index in [0.717, 1.165) is 89.9 Å². The summed E-state index contributed by atoms with van der Waals surface area (Å²) < 4.78 is 16.9. The monoisotopic (exact) mass is 1070 g/mol. The third kappa shape index (κ3) is 63.3. The SMILES string of the molecule is CC/C=C\C/C=C\C/C=C\C/C=C\C/C=C\C/C=C\C/C=C\CCCC(=O)OCC(COC(=O)CCCCCCCCCCCCCCC)OC(=O)CCCCCCCCCCCCCCCCCCCCCCCCC. The highest BCUT2D eigenvalue weighted by Crippen LogP contribution is 2.17. The highest BCUT2D eigenvalue weighted by atomic mass is 16.6. The van der Waals surface area contributed by atoms with Gasteiger partial charge in [0.15, 0.2) is 6.10 Å². The molecule has 1 unspecified atom stereocenters. The first-order valence-electron chi connectivity index (χ1n) is 33.1. The predicted molar refractivity (Wildman–Crippen MR) is 334 cm³/mol. The maximum atomic E-state index is 12.9. The van der Waals surface area contributed by atoms with Crippen LogP contribution < -0.4 is 0 Å². The molecule has 0 amide bonds. The van der Waals surface area contributed by atoms with E-state index in [1.54, 1.807) is 0 Å². The summed E-state index contributed by atoms with van der Waals surface area (Å²) in [5, 5.41) is 0. The molecule has 1 atom stereocenters. The maximum Gasteiger partial charge on any atom is 0.306 e. The van der Waals surface area contributed by atoms with E-state index in [0.29, 0.717) is 19.3 Å². The first-order chi connectivity index (χ1) is 38.0. The molecule has 0 saturated carbocycles. The molecule has 77 heavy (non-hydrogen) atoms. The van der Waals surface area contributed by atoms with Crippen LogP contribution in [0.15, 0.2) is 85.1 Å². The topological polar surface area (TPSA) is 78.9 Å². The van der Waals surface area contributed by atoms with Crippen molar-refractivity contribution < 1.29 is 28.6 Å². The predicted octanol–water partition coefficient (Wildman–Crippen LogP) is 22.7. The maximum absolute atomic E-state index is 12.9. The van der Waals surface area contributed by atoms with Crippen LogP contribution in [0.25, 0.3) is 0 Å². The molecule has 0 spiro atoms. The number of carbonyl (C=O) groups is 3. The third-order valence-electron chi connectivity index (χ3n) is 14.4. The van der Waals surface area contributed by atoms with Crippen LogP contribution in [0, 0.1) is 0 Å². The van der Waals surface area contributed by atoms with Crippen molar-refractivity contribution in [3.63, 3.8) is 0 Å². The summed E-state index contributed by atoms with van der Waals surface area (Å²) in [7, 11) is 0. The second-order valence-electron chi connectivity index (χ2n) is 22.0. The van der Waals surface area contributed by atoms with Gasteiger partial charge >= 0.3 is 17.9 Å². The fraction of sp³-hybridized carbons (Fsp3) is 0.761. The van der Waals surface area contributed by atoms with Crippen LogP contribution in [0.4, 0.5) is 0 Å². The second kappa shape index (κ2) is 65.1. The van der Waals surface area contributed by atoms with Gasteiger partial charge < -0.3 is 14.2 Å². The van der Waals surface area contributed by atoms with Gasteiger partial charge in [0.25, 0.3) is 0 Å². The molecule has 6 nitrogen and oxygen atoms in total. The minimum atomic E-state index is -0.798. The van der Waals surface area contributed by atoms with Crippen LogP contribution in [0.3, 0.4) is 0 Å². The third-order valence-corrected chi connectivity index (χ3v) is 14.4. The molecule has 444 valence electrons.